The van der Waals surface area contributed by atoms with Crippen molar-refractivity contribution in [3.05, 3.63) is 58.3 Å². The normalized spacial score (nSPS) is 19.3. The van der Waals surface area contributed by atoms with Crippen molar-refractivity contribution in [1.29, 1.82) is 0 Å². The molecule has 0 unspecified atom stereocenters. The summed E-state index contributed by atoms with van der Waals surface area (Å²) in [5.41, 5.74) is 5.89. The number of carbonyl (C=O) groups excluding carboxylic acids is 1. The quantitative estimate of drug-likeness (QED) is 0.693. The second kappa shape index (κ2) is 7.95. The third-order valence-corrected chi connectivity index (χ3v) is 6.37. The summed E-state index contributed by atoms with van der Waals surface area (Å²) in [7, 11) is 4.85. The number of Topliss-reactive ketones (excluding diaryl/α,β-unsaturated/α-hetero) is 1. The zero-order valence-electron chi connectivity index (χ0n) is 19.2. The van der Waals surface area contributed by atoms with Crippen LogP contribution in [0.1, 0.15) is 56.2 Å². The molecule has 31 heavy (non-hydrogen) atoms. The Morgan fingerprint density at radius 3 is 2.26 bits per heavy atom. The van der Waals surface area contributed by atoms with Crippen LogP contribution in [0.3, 0.4) is 0 Å². The predicted molar refractivity (Wildman–Crippen MR) is 122 cm³/mol. The Morgan fingerprint density at radius 2 is 1.68 bits per heavy atom. The maximum absolute atomic E-state index is 13.4. The Hall–Kier alpha value is -2.95. The van der Waals surface area contributed by atoms with Gasteiger partial charge in [0, 0.05) is 35.2 Å². The molecule has 5 heteroatoms. The van der Waals surface area contributed by atoms with Crippen molar-refractivity contribution in [3.8, 4) is 17.2 Å². The number of allylic oxidation sites excluding steroid dienone is 2. The van der Waals surface area contributed by atoms with Crippen LogP contribution < -0.4 is 19.5 Å². The van der Waals surface area contributed by atoms with Crippen molar-refractivity contribution in [1.82, 2.24) is 0 Å². The van der Waals surface area contributed by atoms with E-state index in [2.05, 4.69) is 50.4 Å². The Bertz CT molecular complexity index is 1050. The minimum absolute atomic E-state index is 0.0856. The highest BCUT2D eigenvalue weighted by Gasteiger charge is 2.43. The number of fused-ring (bicyclic) bond motifs is 1. The number of ketones is 1. The Balaban J connectivity index is 2.01. The number of hydrogen-bond acceptors (Lipinski definition) is 5. The van der Waals surface area contributed by atoms with Crippen LogP contribution in [0.4, 0.5) is 5.69 Å². The van der Waals surface area contributed by atoms with Crippen molar-refractivity contribution in [3.63, 3.8) is 0 Å². The highest BCUT2D eigenvalue weighted by molar-refractivity contribution is 6.02. The van der Waals surface area contributed by atoms with E-state index < -0.39 is 0 Å². The van der Waals surface area contributed by atoms with Gasteiger partial charge in [0.15, 0.2) is 17.3 Å². The first-order chi connectivity index (χ1) is 14.8. The summed E-state index contributed by atoms with van der Waals surface area (Å²) in [6.07, 6.45) is 2.31. The first-order valence-electron chi connectivity index (χ1n) is 10.8. The van der Waals surface area contributed by atoms with E-state index in [1.165, 1.54) is 5.56 Å². The van der Waals surface area contributed by atoms with E-state index in [9.17, 15) is 4.79 Å². The molecule has 1 atom stereocenters. The first-order valence-corrected chi connectivity index (χ1v) is 10.8. The van der Waals surface area contributed by atoms with Crippen LogP contribution in [0.2, 0.25) is 0 Å². The summed E-state index contributed by atoms with van der Waals surface area (Å²) in [6, 6.07) is 10.5. The maximum atomic E-state index is 13.4. The number of aryl methyl sites for hydroxylation is 1. The zero-order valence-corrected chi connectivity index (χ0v) is 19.2. The first kappa shape index (κ1) is 21.3. The van der Waals surface area contributed by atoms with Gasteiger partial charge in [0.25, 0.3) is 0 Å². The summed E-state index contributed by atoms with van der Waals surface area (Å²) in [6.45, 7) is 6.43. The second-order valence-corrected chi connectivity index (χ2v) is 9.09. The number of rotatable bonds is 5. The summed E-state index contributed by atoms with van der Waals surface area (Å²) >= 11 is 0. The van der Waals surface area contributed by atoms with E-state index in [0.717, 1.165) is 40.9 Å². The van der Waals surface area contributed by atoms with Crippen LogP contribution in [0, 0.1) is 5.41 Å². The molecular formula is C26H31NO4. The smallest absolute Gasteiger partial charge is 0.203 e. The number of benzene rings is 2. The molecule has 0 bridgehead atoms. The number of methoxy groups -OCH3 is 3. The molecule has 164 valence electrons. The minimum Gasteiger partial charge on any atom is -0.493 e. The monoisotopic (exact) mass is 421 g/mol. The standard InChI is InChI=1S/C26H31NO4/c1-7-15-8-10-16(11-9-15)21-22-18(13-26(2,3)14-19(22)28)27-17-12-20(29-4)24(30-5)25(31-6)23(17)21/h8-12,21,27H,7,13-14H2,1-6H3/t21-/m1/s1. The molecule has 2 aromatic carbocycles. The van der Waals surface area contributed by atoms with Crippen LogP contribution in [0.5, 0.6) is 17.2 Å². The molecule has 0 spiro atoms. The Morgan fingerprint density at radius 1 is 1.00 bits per heavy atom. The SMILES string of the molecule is CCc1ccc([C@@H]2C3=C(CC(C)(C)CC3=O)Nc3cc(OC)c(OC)c(OC)c32)cc1. The number of ether oxygens (including phenoxy) is 3. The minimum atomic E-state index is -0.226. The van der Waals surface area contributed by atoms with Crippen LogP contribution in [0.15, 0.2) is 41.6 Å². The van der Waals surface area contributed by atoms with E-state index >= 15 is 0 Å². The lowest BCUT2D eigenvalue weighted by atomic mass is 9.68. The third-order valence-electron chi connectivity index (χ3n) is 6.37. The maximum Gasteiger partial charge on any atom is 0.203 e. The molecule has 1 heterocycles. The molecule has 0 saturated carbocycles. The van der Waals surface area contributed by atoms with Gasteiger partial charge in [-0.1, -0.05) is 45.0 Å². The average Bonchev–Trinajstić information content (AvgIpc) is 2.75. The van der Waals surface area contributed by atoms with Crippen LogP contribution in [-0.2, 0) is 11.2 Å². The summed E-state index contributed by atoms with van der Waals surface area (Å²) < 4.78 is 17.1. The highest BCUT2D eigenvalue weighted by Crippen LogP contribution is 2.55. The van der Waals surface area contributed by atoms with Gasteiger partial charge in [0.05, 0.1) is 27.0 Å². The molecule has 4 rings (SSSR count). The van der Waals surface area contributed by atoms with Crippen molar-refractivity contribution >= 4 is 11.5 Å². The third kappa shape index (κ3) is 3.56. The lowest BCUT2D eigenvalue weighted by molar-refractivity contribution is -0.118. The molecule has 1 N–H and O–H groups in total. The topological polar surface area (TPSA) is 56.8 Å². The van der Waals surface area contributed by atoms with E-state index in [0.29, 0.717) is 23.7 Å². The Kier molecular flexibility index (Phi) is 5.46. The molecule has 0 saturated heterocycles. The number of anilines is 1. The highest BCUT2D eigenvalue weighted by atomic mass is 16.5. The molecule has 1 aliphatic heterocycles. The van der Waals surface area contributed by atoms with E-state index in [4.69, 9.17) is 14.2 Å². The number of hydrogen-bond donors (Lipinski definition) is 1. The molecule has 0 radical (unpaired) electrons. The van der Waals surface area contributed by atoms with Crippen molar-refractivity contribution in [2.24, 2.45) is 5.41 Å². The van der Waals surface area contributed by atoms with Gasteiger partial charge in [-0.25, -0.2) is 0 Å². The fourth-order valence-electron chi connectivity index (χ4n) is 4.94. The fourth-order valence-corrected chi connectivity index (χ4v) is 4.94. The fraction of sp³-hybridized carbons (Fsp3) is 0.423. The van der Waals surface area contributed by atoms with Gasteiger partial charge in [-0.2, -0.15) is 0 Å². The van der Waals surface area contributed by atoms with Gasteiger partial charge in [0.2, 0.25) is 5.75 Å². The summed E-state index contributed by atoms with van der Waals surface area (Å²) in [4.78, 5) is 13.4. The lowest BCUT2D eigenvalue weighted by Crippen LogP contribution is -2.34. The van der Waals surface area contributed by atoms with E-state index in [1.54, 1.807) is 21.3 Å². The summed E-state index contributed by atoms with van der Waals surface area (Å²) in [5, 5.41) is 3.55. The molecule has 0 aromatic heterocycles. The van der Waals surface area contributed by atoms with Gasteiger partial charge in [0.1, 0.15) is 0 Å². The van der Waals surface area contributed by atoms with Gasteiger partial charge in [-0.3, -0.25) is 4.79 Å². The number of carbonyl (C=O) groups is 1. The van der Waals surface area contributed by atoms with E-state index in [-0.39, 0.29) is 17.1 Å². The van der Waals surface area contributed by atoms with Crippen molar-refractivity contribution < 1.29 is 19.0 Å². The zero-order chi connectivity index (χ0) is 22.3. The Labute approximate surface area is 184 Å². The number of nitrogens with one attached hydrogen (secondary N) is 1. The van der Waals surface area contributed by atoms with E-state index in [1.807, 2.05) is 6.07 Å². The molecular weight excluding hydrogens is 390 g/mol. The molecule has 1 aliphatic carbocycles. The molecule has 2 aliphatic rings. The predicted octanol–water partition coefficient (Wildman–Crippen LogP) is 5.48. The van der Waals surface area contributed by atoms with Gasteiger partial charge < -0.3 is 19.5 Å². The van der Waals surface area contributed by atoms with Gasteiger partial charge in [-0.15, -0.1) is 0 Å². The second-order valence-electron chi connectivity index (χ2n) is 9.09. The van der Waals surface area contributed by atoms with Gasteiger partial charge in [-0.05, 0) is 29.4 Å². The van der Waals surface area contributed by atoms with Crippen molar-refractivity contribution in [2.75, 3.05) is 26.6 Å². The van der Waals surface area contributed by atoms with Crippen molar-refractivity contribution in [2.45, 2.75) is 46.0 Å². The molecule has 5 nitrogen and oxygen atoms in total. The summed E-state index contributed by atoms with van der Waals surface area (Å²) in [5.74, 6) is 1.68. The average molecular weight is 422 g/mol. The van der Waals surface area contributed by atoms with Gasteiger partial charge >= 0.3 is 0 Å². The molecule has 0 amide bonds. The lowest BCUT2D eigenvalue weighted by Gasteiger charge is -2.40. The molecule has 2 aromatic rings. The van der Waals surface area contributed by atoms with Crippen LogP contribution >= 0.6 is 0 Å². The van der Waals surface area contributed by atoms with Crippen LogP contribution in [-0.4, -0.2) is 27.1 Å². The van der Waals surface area contributed by atoms with Crippen LogP contribution in [0.25, 0.3) is 0 Å². The molecule has 0 fully saturated rings. The largest absolute Gasteiger partial charge is 0.493 e.